The Morgan fingerprint density at radius 2 is 1.71 bits per heavy atom. The fourth-order valence-corrected chi connectivity index (χ4v) is 5.21. The second-order valence-corrected chi connectivity index (χ2v) is 10.7. The first-order valence-electron chi connectivity index (χ1n) is 13.7. The molecule has 3 aromatic rings. The van der Waals surface area contributed by atoms with Crippen molar-refractivity contribution in [1.82, 2.24) is 20.3 Å². The van der Waals surface area contributed by atoms with Gasteiger partial charge in [-0.05, 0) is 64.8 Å². The highest BCUT2D eigenvalue weighted by molar-refractivity contribution is 5.97. The lowest BCUT2D eigenvalue weighted by Gasteiger charge is -2.32. The minimum atomic E-state index is -1.32. The van der Waals surface area contributed by atoms with Crippen molar-refractivity contribution in [2.45, 2.75) is 70.8 Å². The largest absolute Gasteiger partial charge is 0.451 e. The van der Waals surface area contributed by atoms with Crippen LogP contribution in [0.25, 0.3) is 0 Å². The van der Waals surface area contributed by atoms with Crippen LogP contribution in [0.1, 0.15) is 61.3 Å². The van der Waals surface area contributed by atoms with Gasteiger partial charge in [-0.3, -0.25) is 4.79 Å². The summed E-state index contributed by atoms with van der Waals surface area (Å²) in [6.07, 6.45) is 2.48. The number of likely N-dealkylation sites (N-methyl/N-ethyl adjacent to an activating group) is 1. The van der Waals surface area contributed by atoms with E-state index in [2.05, 4.69) is 15.4 Å². The number of aliphatic hydroxyl groups is 1. The van der Waals surface area contributed by atoms with Crippen molar-refractivity contribution in [2.24, 2.45) is 0 Å². The number of aromatic nitrogens is 2. The fraction of sp³-hybridized carbons (Fsp3) is 0.400. The zero-order valence-electron chi connectivity index (χ0n) is 24.1. The Labute approximate surface area is 243 Å². The molecule has 0 aliphatic heterocycles. The molecule has 0 spiro atoms. The summed E-state index contributed by atoms with van der Waals surface area (Å²) in [5.41, 5.74) is 2.59. The lowest BCUT2D eigenvalue weighted by atomic mass is 10.1. The third kappa shape index (κ3) is 6.66. The van der Waals surface area contributed by atoms with E-state index in [1.165, 1.54) is 23.5 Å². The topological polar surface area (TPSA) is 117 Å². The van der Waals surface area contributed by atoms with Gasteiger partial charge in [0.2, 0.25) is 0 Å². The minimum Gasteiger partial charge on any atom is -0.451 e. The van der Waals surface area contributed by atoms with E-state index in [0.29, 0.717) is 18.4 Å². The highest BCUT2D eigenvalue weighted by atomic mass is 19.2. The van der Waals surface area contributed by atoms with Crippen LogP contribution in [0, 0.1) is 11.6 Å². The number of ether oxygens (including phenoxy) is 1. The van der Waals surface area contributed by atoms with Crippen molar-refractivity contribution >= 4 is 17.7 Å². The number of carbonyl (C=O) groups excluding carboxylic acids is 2. The Hall–Kier alpha value is -4.16. The zero-order chi connectivity index (χ0) is 30.6. The average molecular weight is 584 g/mol. The summed E-state index contributed by atoms with van der Waals surface area (Å²) in [6, 6.07) is 9.20. The van der Waals surface area contributed by atoms with Crippen molar-refractivity contribution in [3.8, 4) is 11.5 Å². The molecule has 224 valence electrons. The quantitative estimate of drug-likeness (QED) is 0.333. The first-order chi connectivity index (χ1) is 20.0. The molecule has 12 heteroatoms. The SMILES string of the molecule is CC(C)N(C(=O)c1c(Oc2cncnc2N(C)[C@H]2C[C@@H](NOC(=O)c3ccccc3)C[C@H]2O)ccc(F)c1F)C(C)C. The van der Waals surface area contributed by atoms with Crippen molar-refractivity contribution in [3.05, 3.63) is 77.8 Å². The zero-order valence-corrected chi connectivity index (χ0v) is 24.1. The molecule has 10 nitrogen and oxygen atoms in total. The molecule has 1 fully saturated rings. The van der Waals surface area contributed by atoms with Gasteiger partial charge in [0.05, 0.1) is 23.9 Å². The van der Waals surface area contributed by atoms with E-state index >= 15 is 4.39 Å². The lowest BCUT2D eigenvalue weighted by Crippen LogP contribution is -2.42. The molecule has 42 heavy (non-hydrogen) atoms. The highest BCUT2D eigenvalue weighted by Gasteiger charge is 2.38. The molecule has 1 heterocycles. The summed E-state index contributed by atoms with van der Waals surface area (Å²) >= 11 is 0. The van der Waals surface area contributed by atoms with E-state index in [4.69, 9.17) is 9.57 Å². The van der Waals surface area contributed by atoms with Gasteiger partial charge in [0.15, 0.2) is 23.2 Å². The first-order valence-corrected chi connectivity index (χ1v) is 13.7. The normalized spacial score (nSPS) is 18.3. The molecule has 1 saturated carbocycles. The van der Waals surface area contributed by atoms with Gasteiger partial charge < -0.3 is 24.5 Å². The van der Waals surface area contributed by atoms with Crippen LogP contribution in [0.2, 0.25) is 0 Å². The van der Waals surface area contributed by atoms with Crippen molar-refractivity contribution in [1.29, 1.82) is 0 Å². The molecule has 0 saturated heterocycles. The number of halogens is 2. The molecule has 0 unspecified atom stereocenters. The molecular formula is C30H35F2N5O5. The van der Waals surface area contributed by atoms with Crippen LogP contribution < -0.4 is 15.1 Å². The number of nitrogens with zero attached hydrogens (tertiary/aromatic N) is 4. The number of hydroxylamine groups is 1. The summed E-state index contributed by atoms with van der Waals surface area (Å²) in [4.78, 5) is 42.4. The number of hydrogen-bond acceptors (Lipinski definition) is 9. The average Bonchev–Trinajstić information content (AvgIpc) is 3.34. The molecule has 3 atom stereocenters. The van der Waals surface area contributed by atoms with E-state index in [1.54, 1.807) is 70.0 Å². The lowest BCUT2D eigenvalue weighted by molar-refractivity contribution is 0.0146. The van der Waals surface area contributed by atoms with Gasteiger partial charge in [0.25, 0.3) is 5.91 Å². The molecule has 4 rings (SSSR count). The smallest absolute Gasteiger partial charge is 0.356 e. The molecule has 1 aromatic heterocycles. The number of hydrogen-bond donors (Lipinski definition) is 2. The van der Waals surface area contributed by atoms with Crippen molar-refractivity contribution < 1.29 is 33.1 Å². The summed E-state index contributed by atoms with van der Waals surface area (Å²) in [5.74, 6) is -3.64. The van der Waals surface area contributed by atoms with E-state index in [0.717, 1.165) is 6.07 Å². The van der Waals surface area contributed by atoms with Gasteiger partial charge in [0, 0.05) is 25.2 Å². The van der Waals surface area contributed by atoms with Crippen LogP contribution in [0.3, 0.4) is 0 Å². The fourth-order valence-electron chi connectivity index (χ4n) is 5.21. The van der Waals surface area contributed by atoms with Crippen LogP contribution in [0.15, 0.2) is 55.0 Å². The number of amides is 1. The monoisotopic (exact) mass is 583 g/mol. The number of carbonyl (C=O) groups is 2. The van der Waals surface area contributed by atoms with Gasteiger partial charge in [-0.2, -0.15) is 0 Å². The number of anilines is 1. The highest BCUT2D eigenvalue weighted by Crippen LogP contribution is 2.36. The Kier molecular flexibility index (Phi) is 9.69. The predicted octanol–water partition coefficient (Wildman–Crippen LogP) is 4.50. The molecule has 1 amide bonds. The minimum absolute atomic E-state index is 0.0693. The second kappa shape index (κ2) is 13.2. The van der Waals surface area contributed by atoms with Crippen LogP contribution in [-0.2, 0) is 4.84 Å². The summed E-state index contributed by atoms with van der Waals surface area (Å²) in [6.45, 7) is 7.13. The van der Waals surface area contributed by atoms with Gasteiger partial charge >= 0.3 is 5.97 Å². The molecule has 1 aliphatic rings. The molecule has 2 aromatic carbocycles. The van der Waals surface area contributed by atoms with Gasteiger partial charge in [0.1, 0.15) is 17.6 Å². The number of nitrogens with one attached hydrogen (secondary N) is 1. The Bertz CT molecular complexity index is 1400. The summed E-state index contributed by atoms with van der Waals surface area (Å²) in [7, 11) is 1.69. The van der Waals surface area contributed by atoms with E-state index in [9.17, 15) is 19.1 Å². The first kappa shape index (κ1) is 30.8. The number of aliphatic hydroxyl groups excluding tert-OH is 1. The maximum absolute atomic E-state index is 15.1. The third-order valence-electron chi connectivity index (χ3n) is 7.15. The Morgan fingerprint density at radius 3 is 2.38 bits per heavy atom. The molecular weight excluding hydrogens is 548 g/mol. The van der Waals surface area contributed by atoms with Crippen LogP contribution >= 0.6 is 0 Å². The van der Waals surface area contributed by atoms with E-state index in [-0.39, 0.29) is 35.4 Å². The van der Waals surface area contributed by atoms with Crippen LogP contribution in [0.4, 0.5) is 14.6 Å². The predicted molar refractivity (Wildman–Crippen MR) is 151 cm³/mol. The second-order valence-electron chi connectivity index (χ2n) is 10.7. The maximum atomic E-state index is 15.1. The summed E-state index contributed by atoms with van der Waals surface area (Å²) in [5, 5.41) is 10.9. The number of benzene rings is 2. The molecule has 2 N–H and O–H groups in total. The van der Waals surface area contributed by atoms with Crippen molar-refractivity contribution in [3.63, 3.8) is 0 Å². The number of rotatable bonds is 10. The van der Waals surface area contributed by atoms with Crippen LogP contribution in [0.5, 0.6) is 11.5 Å². The van der Waals surface area contributed by atoms with Crippen LogP contribution in [-0.4, -0.2) is 69.2 Å². The molecule has 0 bridgehead atoms. The Morgan fingerprint density at radius 1 is 1.02 bits per heavy atom. The maximum Gasteiger partial charge on any atom is 0.356 e. The van der Waals surface area contributed by atoms with E-state index in [1.807, 2.05) is 0 Å². The molecule has 1 aliphatic carbocycles. The standard InChI is InChI=1S/C30H35F2N5O5/c1-17(2)37(18(3)4)29(39)26-24(12-11-21(31)27(26)32)41-25-15-33-16-34-28(25)36(5)22-13-20(14-23(22)38)35-42-30(40)19-9-7-6-8-10-19/h6-12,15-18,20,22-23,35,38H,13-14H2,1-5H3/t20-,22+,23-/m1/s1. The van der Waals surface area contributed by atoms with Gasteiger partial charge in [-0.15, -0.1) is 5.48 Å². The van der Waals surface area contributed by atoms with E-state index < -0.39 is 41.2 Å². The Balaban J connectivity index is 1.54. The summed E-state index contributed by atoms with van der Waals surface area (Å²) < 4.78 is 35.4. The third-order valence-corrected chi connectivity index (χ3v) is 7.15. The van der Waals surface area contributed by atoms with Crippen molar-refractivity contribution in [2.75, 3.05) is 11.9 Å². The molecule has 0 radical (unpaired) electrons. The van der Waals surface area contributed by atoms with Gasteiger partial charge in [-0.25, -0.2) is 23.5 Å². The van der Waals surface area contributed by atoms with Gasteiger partial charge in [-0.1, -0.05) is 18.2 Å².